The Bertz CT molecular complexity index is 879. The first-order chi connectivity index (χ1) is 13.3. The Kier molecular flexibility index (Phi) is 6.08. The van der Waals surface area contributed by atoms with Crippen molar-refractivity contribution in [1.29, 1.82) is 0 Å². The lowest BCUT2D eigenvalue weighted by molar-refractivity contribution is -0.118. The Hall–Kier alpha value is -2.34. The van der Waals surface area contributed by atoms with Crippen LogP contribution in [0.5, 0.6) is 5.75 Å². The van der Waals surface area contributed by atoms with E-state index in [-0.39, 0.29) is 23.9 Å². The minimum absolute atomic E-state index is 0.0846. The van der Waals surface area contributed by atoms with Crippen molar-refractivity contribution < 1.29 is 19.1 Å². The summed E-state index contributed by atoms with van der Waals surface area (Å²) in [6.45, 7) is 8.29. The molecular weight excluding hydrogens is 374 g/mol. The first kappa shape index (κ1) is 20.4. The molecule has 28 heavy (non-hydrogen) atoms. The lowest BCUT2D eigenvalue weighted by Crippen LogP contribution is -2.22. The van der Waals surface area contributed by atoms with Crippen LogP contribution in [0.25, 0.3) is 0 Å². The minimum Gasteiger partial charge on any atom is -0.483 e. The first-order valence-electron chi connectivity index (χ1n) is 9.65. The molecule has 0 unspecified atom stereocenters. The van der Waals surface area contributed by atoms with Gasteiger partial charge in [-0.1, -0.05) is 39.0 Å². The highest BCUT2D eigenvalue weighted by Gasteiger charge is 2.28. The van der Waals surface area contributed by atoms with Crippen LogP contribution in [0.2, 0.25) is 0 Å². The largest absolute Gasteiger partial charge is 0.483 e. The van der Waals surface area contributed by atoms with E-state index in [0.29, 0.717) is 22.9 Å². The van der Waals surface area contributed by atoms with E-state index in [1.807, 2.05) is 24.3 Å². The van der Waals surface area contributed by atoms with Crippen LogP contribution in [0, 0.1) is 0 Å². The molecule has 5 nitrogen and oxygen atoms in total. The van der Waals surface area contributed by atoms with Gasteiger partial charge in [0.2, 0.25) is 0 Å². The van der Waals surface area contributed by atoms with Gasteiger partial charge in [-0.15, -0.1) is 11.3 Å². The van der Waals surface area contributed by atoms with Gasteiger partial charge in [-0.3, -0.25) is 4.79 Å². The molecule has 0 saturated heterocycles. The number of hydrogen-bond donors (Lipinski definition) is 1. The second kappa shape index (κ2) is 8.35. The Morgan fingerprint density at radius 3 is 2.64 bits per heavy atom. The van der Waals surface area contributed by atoms with Crippen molar-refractivity contribution in [2.45, 2.75) is 52.4 Å². The Morgan fingerprint density at radius 1 is 1.18 bits per heavy atom. The number of nitrogens with one attached hydrogen (secondary N) is 1. The molecule has 0 fully saturated rings. The van der Waals surface area contributed by atoms with Crippen molar-refractivity contribution in [2.24, 2.45) is 0 Å². The third-order valence-corrected chi connectivity index (χ3v) is 5.91. The van der Waals surface area contributed by atoms with E-state index in [4.69, 9.17) is 9.47 Å². The molecule has 150 valence electrons. The highest BCUT2D eigenvalue weighted by molar-refractivity contribution is 7.17. The van der Waals surface area contributed by atoms with Crippen molar-refractivity contribution in [3.8, 4) is 5.75 Å². The molecule has 1 heterocycles. The maximum atomic E-state index is 12.5. The van der Waals surface area contributed by atoms with Crippen molar-refractivity contribution >= 4 is 28.2 Å². The number of aryl methyl sites for hydroxylation is 1. The van der Waals surface area contributed by atoms with Gasteiger partial charge in [0, 0.05) is 4.88 Å². The van der Waals surface area contributed by atoms with Gasteiger partial charge in [-0.25, -0.2) is 4.79 Å². The smallest absolute Gasteiger partial charge is 0.341 e. The maximum Gasteiger partial charge on any atom is 0.341 e. The third-order valence-electron chi connectivity index (χ3n) is 4.71. The van der Waals surface area contributed by atoms with Gasteiger partial charge in [0.15, 0.2) is 6.61 Å². The van der Waals surface area contributed by atoms with Gasteiger partial charge in [0.25, 0.3) is 5.91 Å². The topological polar surface area (TPSA) is 64.6 Å². The number of fused-ring (bicyclic) bond motifs is 1. The summed E-state index contributed by atoms with van der Waals surface area (Å²) in [4.78, 5) is 26.1. The Labute approximate surface area is 170 Å². The zero-order valence-corrected chi connectivity index (χ0v) is 17.7. The second-order valence-corrected chi connectivity index (χ2v) is 8.97. The van der Waals surface area contributed by atoms with Crippen LogP contribution >= 0.6 is 11.3 Å². The number of rotatable bonds is 6. The molecule has 0 atom stereocenters. The molecule has 0 spiro atoms. The molecule has 1 aliphatic carbocycles. The predicted octanol–water partition coefficient (Wildman–Crippen LogP) is 4.73. The van der Waals surface area contributed by atoms with Crippen LogP contribution in [0.3, 0.4) is 0 Å². The van der Waals surface area contributed by atoms with Crippen molar-refractivity contribution in [1.82, 2.24) is 0 Å². The zero-order valence-electron chi connectivity index (χ0n) is 16.9. The molecular formula is C22H27NO4S. The molecule has 1 aromatic heterocycles. The second-order valence-electron chi connectivity index (χ2n) is 7.86. The standard InChI is InChI=1S/C22H27NO4S/c1-5-26-21(25)19-14-9-8-12-17(14)28-20(19)23-18(24)13-27-16-11-7-6-10-15(16)22(2,3)4/h6-7,10-11H,5,8-9,12-13H2,1-4H3,(H,23,24). The van der Waals surface area contributed by atoms with E-state index < -0.39 is 0 Å². The summed E-state index contributed by atoms with van der Waals surface area (Å²) < 4.78 is 11.0. The summed E-state index contributed by atoms with van der Waals surface area (Å²) in [6, 6.07) is 7.74. The number of esters is 1. The van der Waals surface area contributed by atoms with Crippen LogP contribution in [0.15, 0.2) is 24.3 Å². The summed E-state index contributed by atoms with van der Waals surface area (Å²) in [5, 5.41) is 3.43. The van der Waals surface area contributed by atoms with Gasteiger partial charge >= 0.3 is 5.97 Å². The average molecular weight is 402 g/mol. The van der Waals surface area contributed by atoms with E-state index in [1.165, 1.54) is 11.3 Å². The number of benzene rings is 1. The number of carbonyl (C=O) groups excluding carboxylic acids is 2. The fraction of sp³-hybridized carbons (Fsp3) is 0.455. The number of hydrogen-bond acceptors (Lipinski definition) is 5. The van der Waals surface area contributed by atoms with Crippen LogP contribution in [-0.4, -0.2) is 25.1 Å². The zero-order chi connectivity index (χ0) is 20.3. The fourth-order valence-electron chi connectivity index (χ4n) is 3.43. The maximum absolute atomic E-state index is 12.5. The molecule has 0 aliphatic heterocycles. The van der Waals surface area contributed by atoms with Gasteiger partial charge in [-0.2, -0.15) is 0 Å². The van der Waals surface area contributed by atoms with Gasteiger partial charge < -0.3 is 14.8 Å². The highest BCUT2D eigenvalue weighted by Crippen LogP contribution is 2.39. The molecule has 0 saturated carbocycles. The van der Waals surface area contributed by atoms with Crippen LogP contribution in [0.4, 0.5) is 5.00 Å². The van der Waals surface area contributed by atoms with Crippen molar-refractivity contribution in [3.63, 3.8) is 0 Å². The van der Waals surface area contributed by atoms with E-state index >= 15 is 0 Å². The van der Waals surface area contributed by atoms with Gasteiger partial charge in [0.05, 0.1) is 12.2 Å². The Morgan fingerprint density at radius 2 is 1.93 bits per heavy atom. The van der Waals surface area contributed by atoms with Crippen LogP contribution in [0.1, 0.15) is 60.5 Å². The Balaban J connectivity index is 1.72. The SMILES string of the molecule is CCOC(=O)c1c(NC(=O)COc2ccccc2C(C)(C)C)sc2c1CCC2. The molecule has 1 amide bonds. The molecule has 1 N–H and O–H groups in total. The monoisotopic (exact) mass is 401 g/mol. The van der Waals surface area contributed by atoms with Crippen LogP contribution < -0.4 is 10.1 Å². The summed E-state index contributed by atoms with van der Waals surface area (Å²) in [6.07, 6.45) is 2.83. The van der Waals surface area contributed by atoms with Crippen molar-refractivity contribution in [3.05, 3.63) is 45.8 Å². The van der Waals surface area contributed by atoms with E-state index in [1.54, 1.807) is 6.92 Å². The summed E-state index contributed by atoms with van der Waals surface area (Å²) in [5.41, 5.74) is 2.50. The molecule has 3 rings (SSSR count). The van der Waals surface area contributed by atoms with E-state index in [2.05, 4.69) is 26.1 Å². The quantitative estimate of drug-likeness (QED) is 0.711. The first-order valence-corrected chi connectivity index (χ1v) is 10.5. The van der Waals surface area contributed by atoms with E-state index in [9.17, 15) is 9.59 Å². The normalized spacial score (nSPS) is 13.1. The average Bonchev–Trinajstić information content (AvgIpc) is 3.20. The van der Waals surface area contributed by atoms with Crippen LogP contribution in [-0.2, 0) is 27.8 Å². The fourth-order valence-corrected chi connectivity index (χ4v) is 4.72. The third kappa shape index (κ3) is 4.38. The molecule has 1 aromatic carbocycles. The van der Waals surface area contributed by atoms with Gasteiger partial charge in [-0.05, 0) is 48.8 Å². The number of amides is 1. The lowest BCUT2D eigenvalue weighted by atomic mass is 9.86. The number of ether oxygens (including phenoxy) is 2. The lowest BCUT2D eigenvalue weighted by Gasteiger charge is -2.22. The van der Waals surface area contributed by atoms with Gasteiger partial charge in [0.1, 0.15) is 10.8 Å². The predicted molar refractivity (Wildman–Crippen MR) is 112 cm³/mol. The number of para-hydroxylation sites is 1. The highest BCUT2D eigenvalue weighted by atomic mass is 32.1. The molecule has 2 aromatic rings. The van der Waals surface area contributed by atoms with E-state index in [0.717, 1.165) is 35.3 Å². The molecule has 0 bridgehead atoms. The number of anilines is 1. The number of carbonyl (C=O) groups is 2. The number of thiophene rings is 1. The summed E-state index contributed by atoms with van der Waals surface area (Å²) >= 11 is 1.47. The summed E-state index contributed by atoms with van der Waals surface area (Å²) in [5.74, 6) is 0.0508. The summed E-state index contributed by atoms with van der Waals surface area (Å²) in [7, 11) is 0. The minimum atomic E-state index is -0.365. The molecule has 1 aliphatic rings. The van der Waals surface area contributed by atoms with Crippen molar-refractivity contribution in [2.75, 3.05) is 18.5 Å². The molecule has 0 radical (unpaired) electrons. The molecule has 6 heteroatoms.